The zero-order valence-corrected chi connectivity index (χ0v) is 16.3. The summed E-state index contributed by atoms with van der Waals surface area (Å²) in [7, 11) is -3.56. The average Bonchev–Trinajstić information content (AvgIpc) is 2.83. The first-order valence-corrected chi connectivity index (χ1v) is 11.2. The molecule has 0 radical (unpaired) electrons. The van der Waals surface area contributed by atoms with Crippen molar-refractivity contribution in [2.24, 2.45) is 0 Å². The Labute approximate surface area is 153 Å². The molecule has 2 fully saturated rings. The fourth-order valence-electron chi connectivity index (χ4n) is 3.44. The summed E-state index contributed by atoms with van der Waals surface area (Å²) in [5.74, 6) is -0.150. The maximum Gasteiger partial charge on any atom is 0.261 e. The summed E-state index contributed by atoms with van der Waals surface area (Å²) in [6, 6.07) is 1.74. The summed E-state index contributed by atoms with van der Waals surface area (Å²) in [5.41, 5.74) is 0. The molecule has 1 aliphatic heterocycles. The maximum absolute atomic E-state index is 12.8. The van der Waals surface area contributed by atoms with Crippen LogP contribution in [0, 0.1) is 6.92 Å². The number of hydrogen-bond donors (Lipinski definition) is 1. The molecule has 1 aromatic rings. The fourth-order valence-corrected chi connectivity index (χ4v) is 6.31. The van der Waals surface area contributed by atoms with Gasteiger partial charge in [0.05, 0.1) is 23.0 Å². The lowest BCUT2D eigenvalue weighted by molar-refractivity contribution is 0.0730. The van der Waals surface area contributed by atoms with Gasteiger partial charge in [-0.25, -0.2) is 8.42 Å². The third-order valence-corrected chi connectivity index (χ3v) is 8.08. The third kappa shape index (κ3) is 4.42. The second kappa shape index (κ2) is 8.16. The molecule has 2 aliphatic rings. The van der Waals surface area contributed by atoms with Crippen molar-refractivity contribution in [2.75, 3.05) is 26.3 Å². The van der Waals surface area contributed by atoms with Crippen molar-refractivity contribution in [3.05, 3.63) is 15.8 Å². The summed E-state index contributed by atoms with van der Waals surface area (Å²) in [4.78, 5) is 14.0. The van der Waals surface area contributed by atoms with Gasteiger partial charge < -0.3 is 10.1 Å². The van der Waals surface area contributed by atoms with Crippen LogP contribution in [0.3, 0.4) is 0 Å². The van der Waals surface area contributed by atoms with Gasteiger partial charge in [0.25, 0.3) is 5.91 Å². The average molecular weight is 387 g/mol. The van der Waals surface area contributed by atoms with Gasteiger partial charge in [-0.1, -0.05) is 25.7 Å². The van der Waals surface area contributed by atoms with Gasteiger partial charge in [-0.05, 0) is 25.8 Å². The van der Waals surface area contributed by atoms with Gasteiger partial charge in [0.15, 0.2) is 0 Å². The molecular formula is C17H26N2O4S2. The molecule has 3 rings (SSSR count). The lowest BCUT2D eigenvalue weighted by Crippen LogP contribution is -2.40. The minimum absolute atomic E-state index is 0.150. The van der Waals surface area contributed by atoms with Crippen LogP contribution in [0.4, 0.5) is 0 Å². The van der Waals surface area contributed by atoms with Crippen LogP contribution in [-0.2, 0) is 14.8 Å². The molecule has 1 aliphatic carbocycles. The number of carbonyl (C=O) groups is 1. The fraction of sp³-hybridized carbons (Fsp3) is 0.706. The lowest BCUT2D eigenvalue weighted by atomic mass is 10.1. The van der Waals surface area contributed by atoms with E-state index in [-0.39, 0.29) is 16.8 Å². The molecule has 0 unspecified atom stereocenters. The highest BCUT2D eigenvalue weighted by Gasteiger charge is 2.30. The van der Waals surface area contributed by atoms with Crippen LogP contribution in [0.1, 0.15) is 53.1 Å². The monoisotopic (exact) mass is 386 g/mol. The second-order valence-corrected chi connectivity index (χ2v) is 9.87. The van der Waals surface area contributed by atoms with Crippen LogP contribution in [0.15, 0.2) is 11.0 Å². The number of amides is 1. The minimum atomic E-state index is -3.56. The molecule has 0 atom stereocenters. The van der Waals surface area contributed by atoms with E-state index in [4.69, 9.17) is 4.74 Å². The number of thiophene rings is 1. The first-order valence-electron chi connectivity index (χ1n) is 8.97. The van der Waals surface area contributed by atoms with E-state index in [0.29, 0.717) is 36.1 Å². The standard InChI is InChI=1S/C17H26N2O4S2/c1-13-16(25(21,22)19-8-10-23-11-9-19)12-15(24-13)17(20)18-14-6-4-2-3-5-7-14/h12,14H,2-11H2,1H3,(H,18,20). The number of nitrogens with zero attached hydrogens (tertiary/aromatic N) is 1. The van der Waals surface area contributed by atoms with E-state index in [1.54, 1.807) is 6.92 Å². The van der Waals surface area contributed by atoms with Crippen LogP contribution < -0.4 is 5.32 Å². The zero-order valence-electron chi connectivity index (χ0n) is 14.6. The maximum atomic E-state index is 12.8. The molecule has 0 aromatic carbocycles. The van der Waals surface area contributed by atoms with Gasteiger partial charge in [0.2, 0.25) is 10.0 Å². The van der Waals surface area contributed by atoms with E-state index in [2.05, 4.69) is 5.32 Å². The number of morpholine rings is 1. The number of aryl methyl sites for hydroxylation is 1. The topological polar surface area (TPSA) is 75.7 Å². The van der Waals surface area contributed by atoms with Crippen molar-refractivity contribution in [1.82, 2.24) is 9.62 Å². The molecule has 140 valence electrons. The smallest absolute Gasteiger partial charge is 0.261 e. The Morgan fingerprint density at radius 1 is 1.20 bits per heavy atom. The SMILES string of the molecule is Cc1sc(C(=O)NC2CCCCCC2)cc1S(=O)(=O)N1CCOCC1. The molecule has 1 saturated heterocycles. The van der Waals surface area contributed by atoms with Gasteiger partial charge in [-0.2, -0.15) is 4.31 Å². The molecule has 1 N–H and O–H groups in total. The van der Waals surface area contributed by atoms with Crippen molar-refractivity contribution in [3.63, 3.8) is 0 Å². The van der Waals surface area contributed by atoms with Gasteiger partial charge in [0, 0.05) is 24.0 Å². The summed E-state index contributed by atoms with van der Waals surface area (Å²) in [6.45, 7) is 3.32. The highest BCUT2D eigenvalue weighted by molar-refractivity contribution is 7.89. The van der Waals surface area contributed by atoms with E-state index >= 15 is 0 Å². The van der Waals surface area contributed by atoms with E-state index in [1.165, 1.54) is 34.6 Å². The molecule has 1 amide bonds. The number of carbonyl (C=O) groups excluding carboxylic acids is 1. The second-order valence-electron chi connectivity index (χ2n) is 6.71. The van der Waals surface area contributed by atoms with E-state index in [1.807, 2.05) is 0 Å². The summed E-state index contributed by atoms with van der Waals surface area (Å²) in [6.07, 6.45) is 6.76. The molecular weight excluding hydrogens is 360 g/mol. The Morgan fingerprint density at radius 3 is 2.48 bits per heavy atom. The summed E-state index contributed by atoms with van der Waals surface area (Å²) < 4.78 is 32.3. The molecule has 0 spiro atoms. The van der Waals surface area contributed by atoms with Crippen LogP contribution in [-0.4, -0.2) is 51.0 Å². The Bertz CT molecular complexity index is 700. The molecule has 6 nitrogen and oxygen atoms in total. The summed E-state index contributed by atoms with van der Waals surface area (Å²) in [5, 5.41) is 3.09. The Hall–Kier alpha value is -0.960. The summed E-state index contributed by atoms with van der Waals surface area (Å²) >= 11 is 1.26. The normalized spacial score (nSPS) is 21.0. The van der Waals surface area contributed by atoms with Gasteiger partial charge in [-0.15, -0.1) is 11.3 Å². The number of sulfonamides is 1. The van der Waals surface area contributed by atoms with Gasteiger partial charge >= 0.3 is 0 Å². The van der Waals surface area contributed by atoms with Crippen molar-refractivity contribution >= 4 is 27.3 Å². The lowest BCUT2D eigenvalue weighted by Gasteiger charge is -2.25. The highest BCUT2D eigenvalue weighted by Crippen LogP contribution is 2.29. The molecule has 2 heterocycles. The van der Waals surface area contributed by atoms with Crippen LogP contribution in [0.2, 0.25) is 0 Å². The molecule has 1 aromatic heterocycles. The quantitative estimate of drug-likeness (QED) is 0.807. The Kier molecular flexibility index (Phi) is 6.14. The van der Waals surface area contributed by atoms with Crippen LogP contribution in [0.25, 0.3) is 0 Å². The van der Waals surface area contributed by atoms with Crippen molar-refractivity contribution < 1.29 is 17.9 Å². The van der Waals surface area contributed by atoms with Crippen molar-refractivity contribution in [2.45, 2.75) is 56.4 Å². The number of ether oxygens (including phenoxy) is 1. The highest BCUT2D eigenvalue weighted by atomic mass is 32.2. The minimum Gasteiger partial charge on any atom is -0.379 e. The molecule has 25 heavy (non-hydrogen) atoms. The van der Waals surface area contributed by atoms with Crippen molar-refractivity contribution in [1.29, 1.82) is 0 Å². The van der Waals surface area contributed by atoms with Crippen LogP contribution in [0.5, 0.6) is 0 Å². The van der Waals surface area contributed by atoms with Gasteiger partial charge in [0.1, 0.15) is 0 Å². The number of nitrogens with one attached hydrogen (secondary N) is 1. The third-order valence-electron chi connectivity index (χ3n) is 4.87. The zero-order chi connectivity index (χ0) is 17.9. The van der Waals surface area contributed by atoms with E-state index < -0.39 is 10.0 Å². The predicted octanol–water partition coefficient (Wildman–Crippen LogP) is 2.53. The molecule has 0 bridgehead atoms. The molecule has 1 saturated carbocycles. The molecule has 8 heteroatoms. The van der Waals surface area contributed by atoms with Crippen LogP contribution >= 0.6 is 11.3 Å². The van der Waals surface area contributed by atoms with Gasteiger partial charge in [-0.3, -0.25) is 4.79 Å². The largest absolute Gasteiger partial charge is 0.379 e. The first-order chi connectivity index (χ1) is 12.0. The van der Waals surface area contributed by atoms with Crippen molar-refractivity contribution in [3.8, 4) is 0 Å². The van der Waals surface area contributed by atoms with E-state index in [9.17, 15) is 13.2 Å². The Morgan fingerprint density at radius 2 is 1.84 bits per heavy atom. The predicted molar refractivity (Wildman–Crippen MR) is 97.6 cm³/mol. The van der Waals surface area contributed by atoms with E-state index in [0.717, 1.165) is 25.7 Å². The number of rotatable bonds is 4. The Balaban J connectivity index is 1.73. The number of hydrogen-bond acceptors (Lipinski definition) is 5. The first kappa shape index (κ1) is 18.8.